The molecule has 12 aromatic rings. The Bertz CT molecular complexity index is 3570. The lowest BCUT2D eigenvalue weighted by Gasteiger charge is -2.14. The van der Waals surface area contributed by atoms with E-state index in [0.717, 1.165) is 99.0 Å². The molecule has 0 aliphatic heterocycles. The van der Waals surface area contributed by atoms with Crippen LogP contribution in [0.15, 0.2) is 197 Å². The van der Waals surface area contributed by atoms with Crippen LogP contribution in [0.5, 0.6) is 0 Å². The van der Waals surface area contributed by atoms with E-state index in [-0.39, 0.29) is 0 Å². The van der Waals surface area contributed by atoms with E-state index in [0.29, 0.717) is 17.5 Å². The SMILES string of the molecule is c1ccc(-c2ccc(-c3nc(-c4ccc(-c5ccc6cc7c(cc6c5)oc5ccccc57)c5ccccc45)nc(-c4cccc5oc6ccccc6c45)n3)cc2)cc1. The van der Waals surface area contributed by atoms with Crippen molar-refractivity contribution in [1.82, 2.24) is 15.0 Å². The van der Waals surface area contributed by atoms with E-state index in [2.05, 4.69) is 140 Å². The highest BCUT2D eigenvalue weighted by atomic mass is 16.3. The van der Waals surface area contributed by atoms with Gasteiger partial charge in [0.15, 0.2) is 17.5 Å². The number of benzene rings is 9. The number of hydrogen-bond donors (Lipinski definition) is 0. The lowest BCUT2D eigenvalue weighted by Crippen LogP contribution is -2.01. The van der Waals surface area contributed by atoms with Gasteiger partial charge in [0.1, 0.15) is 22.3 Å². The highest BCUT2D eigenvalue weighted by Gasteiger charge is 2.20. The maximum atomic E-state index is 6.30. The van der Waals surface area contributed by atoms with Gasteiger partial charge in [0.05, 0.1) is 0 Å². The topological polar surface area (TPSA) is 65.0 Å². The minimum absolute atomic E-state index is 0.587. The zero-order valence-corrected chi connectivity index (χ0v) is 31.1. The molecular formula is C53H31N3O2. The van der Waals surface area contributed by atoms with E-state index in [4.69, 9.17) is 23.8 Å². The molecule has 0 aliphatic rings. The van der Waals surface area contributed by atoms with Crippen LogP contribution in [-0.2, 0) is 0 Å². The Balaban J connectivity index is 1.03. The highest BCUT2D eigenvalue weighted by molar-refractivity contribution is 6.13. The van der Waals surface area contributed by atoms with Gasteiger partial charge in [-0.15, -0.1) is 0 Å². The normalized spacial score (nSPS) is 11.8. The van der Waals surface area contributed by atoms with Gasteiger partial charge in [0, 0.05) is 38.2 Å². The molecule has 12 rings (SSSR count). The van der Waals surface area contributed by atoms with E-state index in [1.807, 2.05) is 48.5 Å². The van der Waals surface area contributed by atoms with Gasteiger partial charge in [-0.25, -0.2) is 15.0 Å². The number of fused-ring (bicyclic) bond motifs is 8. The fraction of sp³-hybridized carbons (Fsp3) is 0. The number of furan rings is 2. The summed E-state index contributed by atoms with van der Waals surface area (Å²) in [7, 11) is 0. The first-order chi connectivity index (χ1) is 28.7. The summed E-state index contributed by atoms with van der Waals surface area (Å²) in [4.78, 5) is 15.7. The van der Waals surface area contributed by atoms with Gasteiger partial charge in [-0.05, 0) is 86.3 Å². The number of hydrogen-bond acceptors (Lipinski definition) is 5. The molecule has 0 spiro atoms. The second kappa shape index (κ2) is 12.8. The van der Waals surface area contributed by atoms with Gasteiger partial charge >= 0.3 is 0 Å². The summed E-state index contributed by atoms with van der Waals surface area (Å²) in [6.45, 7) is 0. The fourth-order valence-electron chi connectivity index (χ4n) is 8.53. The third kappa shape index (κ3) is 5.21. The largest absolute Gasteiger partial charge is 0.456 e. The molecule has 0 aliphatic carbocycles. The van der Waals surface area contributed by atoms with Crippen LogP contribution in [-0.4, -0.2) is 15.0 Å². The van der Waals surface area contributed by atoms with Crippen molar-refractivity contribution in [2.45, 2.75) is 0 Å². The minimum atomic E-state index is 0.587. The van der Waals surface area contributed by atoms with Crippen LogP contribution in [0.1, 0.15) is 0 Å². The van der Waals surface area contributed by atoms with Gasteiger partial charge in [-0.2, -0.15) is 0 Å². The summed E-state index contributed by atoms with van der Waals surface area (Å²) in [5.74, 6) is 1.79. The average molecular weight is 742 g/mol. The fourth-order valence-corrected chi connectivity index (χ4v) is 8.53. The molecule has 5 nitrogen and oxygen atoms in total. The minimum Gasteiger partial charge on any atom is -0.456 e. The van der Waals surface area contributed by atoms with Crippen molar-refractivity contribution < 1.29 is 8.83 Å². The summed E-state index contributed by atoms with van der Waals surface area (Å²) in [6, 6.07) is 65.2. The molecule has 270 valence electrons. The predicted octanol–water partition coefficient (Wildman–Crippen LogP) is 14.3. The van der Waals surface area contributed by atoms with Crippen LogP contribution >= 0.6 is 0 Å². The Hall–Kier alpha value is -7.89. The first kappa shape index (κ1) is 32.4. The standard InChI is InChI=1S/C53H31N3O2/c1-2-11-32(12-3-1)33-21-23-34(24-22-33)51-54-52(56-53(55-51)44-17-10-20-48-50(44)43-16-7-9-19-47(43)57-48)42-28-27-38(39-13-4-5-14-40(39)42)36-26-25-35-30-45-41-15-6-8-18-46(41)58-49(45)31-37(35)29-36/h1-31H. The first-order valence-electron chi connectivity index (χ1n) is 19.4. The smallest absolute Gasteiger partial charge is 0.164 e. The summed E-state index contributed by atoms with van der Waals surface area (Å²) in [5.41, 5.74) is 10.7. The molecule has 9 aromatic carbocycles. The number of rotatable bonds is 5. The molecule has 0 N–H and O–H groups in total. The van der Waals surface area contributed by atoms with Crippen LogP contribution in [0.2, 0.25) is 0 Å². The van der Waals surface area contributed by atoms with Gasteiger partial charge in [0.25, 0.3) is 0 Å². The summed E-state index contributed by atoms with van der Waals surface area (Å²) in [5, 5.41) is 8.74. The van der Waals surface area contributed by atoms with Crippen LogP contribution in [0.25, 0.3) is 122 Å². The van der Waals surface area contributed by atoms with E-state index >= 15 is 0 Å². The third-order valence-electron chi connectivity index (χ3n) is 11.3. The van der Waals surface area contributed by atoms with Crippen LogP contribution in [0.3, 0.4) is 0 Å². The molecule has 0 fully saturated rings. The van der Waals surface area contributed by atoms with Crippen LogP contribution < -0.4 is 0 Å². The quantitative estimate of drug-likeness (QED) is 0.176. The van der Waals surface area contributed by atoms with Gasteiger partial charge in [-0.3, -0.25) is 0 Å². The van der Waals surface area contributed by atoms with Crippen molar-refractivity contribution in [3.63, 3.8) is 0 Å². The zero-order chi connectivity index (χ0) is 38.2. The first-order valence-corrected chi connectivity index (χ1v) is 19.4. The van der Waals surface area contributed by atoms with Crippen LogP contribution in [0.4, 0.5) is 0 Å². The lowest BCUT2D eigenvalue weighted by molar-refractivity contribution is 0.669. The second-order valence-corrected chi connectivity index (χ2v) is 14.7. The molecule has 58 heavy (non-hydrogen) atoms. The summed E-state index contributed by atoms with van der Waals surface area (Å²) < 4.78 is 12.6. The van der Waals surface area contributed by atoms with E-state index < -0.39 is 0 Å². The molecular weight excluding hydrogens is 711 g/mol. The lowest BCUT2D eigenvalue weighted by atomic mass is 9.93. The molecule has 5 heteroatoms. The van der Waals surface area contributed by atoms with E-state index in [1.54, 1.807) is 0 Å². The maximum absolute atomic E-state index is 6.30. The summed E-state index contributed by atoms with van der Waals surface area (Å²) in [6.07, 6.45) is 0. The van der Waals surface area contributed by atoms with Crippen LogP contribution in [0, 0.1) is 0 Å². The molecule has 3 aromatic heterocycles. The van der Waals surface area contributed by atoms with Crippen molar-refractivity contribution in [1.29, 1.82) is 0 Å². The predicted molar refractivity (Wildman–Crippen MR) is 237 cm³/mol. The van der Waals surface area contributed by atoms with E-state index in [1.165, 1.54) is 5.39 Å². The number of aromatic nitrogens is 3. The molecule has 0 saturated carbocycles. The maximum Gasteiger partial charge on any atom is 0.164 e. The van der Waals surface area contributed by atoms with E-state index in [9.17, 15) is 0 Å². The average Bonchev–Trinajstić information content (AvgIpc) is 3.86. The molecule has 0 saturated heterocycles. The molecule has 0 radical (unpaired) electrons. The Morgan fingerprint density at radius 2 is 0.845 bits per heavy atom. The molecule has 0 amide bonds. The van der Waals surface area contributed by atoms with Gasteiger partial charge in [-0.1, -0.05) is 146 Å². The Kier molecular flexibility index (Phi) is 7.16. The van der Waals surface area contributed by atoms with Crippen molar-refractivity contribution in [2.75, 3.05) is 0 Å². The van der Waals surface area contributed by atoms with Gasteiger partial charge < -0.3 is 8.83 Å². The van der Waals surface area contributed by atoms with Crippen molar-refractivity contribution in [3.8, 4) is 56.4 Å². The zero-order valence-electron chi connectivity index (χ0n) is 31.1. The monoisotopic (exact) mass is 741 g/mol. The molecule has 0 unspecified atom stereocenters. The Morgan fingerprint density at radius 3 is 1.66 bits per heavy atom. The Morgan fingerprint density at radius 1 is 0.276 bits per heavy atom. The molecule has 0 atom stereocenters. The van der Waals surface area contributed by atoms with Crippen molar-refractivity contribution in [3.05, 3.63) is 188 Å². The van der Waals surface area contributed by atoms with Gasteiger partial charge in [0.2, 0.25) is 0 Å². The van der Waals surface area contributed by atoms with Crippen molar-refractivity contribution >= 4 is 65.4 Å². The second-order valence-electron chi connectivity index (χ2n) is 14.7. The highest BCUT2D eigenvalue weighted by Crippen LogP contribution is 2.40. The molecule has 3 heterocycles. The summed E-state index contributed by atoms with van der Waals surface area (Å²) >= 11 is 0. The Labute approximate surface area is 332 Å². The number of para-hydroxylation sites is 2. The number of nitrogens with zero attached hydrogens (tertiary/aromatic N) is 3. The molecule has 0 bridgehead atoms. The third-order valence-corrected chi connectivity index (χ3v) is 11.3. The van der Waals surface area contributed by atoms with Crippen molar-refractivity contribution in [2.24, 2.45) is 0 Å².